The van der Waals surface area contributed by atoms with Crippen LogP contribution in [0.25, 0.3) is 0 Å². The number of phosphoric acid groups is 1. The Labute approximate surface area is 446 Å². The average Bonchev–Trinajstić information content (AvgIpc) is 3.34. The Balaban J connectivity index is 5.30. The summed E-state index contributed by atoms with van der Waals surface area (Å²) in [6.45, 7) is 6.82. The van der Waals surface area contributed by atoms with E-state index in [4.69, 9.17) is 13.8 Å². The van der Waals surface area contributed by atoms with Gasteiger partial charge in [0.2, 0.25) is 5.91 Å². The third-order valence-electron chi connectivity index (χ3n) is 13.5. The Kier molecular flexibility index (Phi) is 50.9. The second-order valence-electron chi connectivity index (χ2n) is 21.8. The van der Waals surface area contributed by atoms with Gasteiger partial charge < -0.3 is 28.5 Å². The van der Waals surface area contributed by atoms with E-state index in [2.05, 4.69) is 62.5 Å². The highest BCUT2D eigenvalue weighted by atomic mass is 31.2. The zero-order chi connectivity index (χ0) is 52.9. The molecule has 0 aliphatic rings. The number of nitrogens with one attached hydrogen (secondary N) is 1. The first kappa shape index (κ1) is 70.0. The molecule has 1 N–H and O–H groups in total. The number of unbranched alkanes of at least 4 members (excludes halogenated alkanes) is 33. The van der Waals surface area contributed by atoms with Gasteiger partial charge in [-0.3, -0.25) is 14.2 Å². The summed E-state index contributed by atoms with van der Waals surface area (Å²) in [6.07, 6.45) is 63.5. The standard InChI is InChI=1S/C62H117N2O7P/c1-7-10-13-16-19-22-25-28-30-32-34-36-39-42-45-48-51-54-61(65)63-59(58-70-72(67,68)69-57-56-64(4,5)6)60(53-50-47-44-41-38-27-24-21-18-15-12-9-3)71-62(66)55-52-49-46-43-40-37-35-33-31-29-26-23-20-17-14-11-8-2/h20,23,28-31,50,53,59-60H,7-19,21-22,24-27,32-49,51-52,54-58H2,1-6H3,(H-,63,65,67,68)/b23-20-,30-28+,31-29-,53-50+. The number of allylic oxidation sites excluding steroid dienone is 7. The molecule has 0 aromatic heterocycles. The predicted molar refractivity (Wildman–Crippen MR) is 307 cm³/mol. The van der Waals surface area contributed by atoms with Crippen LogP contribution in [-0.2, 0) is 27.9 Å². The average molecular weight is 1030 g/mol. The van der Waals surface area contributed by atoms with Crippen LogP contribution < -0.4 is 10.2 Å². The monoisotopic (exact) mass is 1030 g/mol. The molecule has 0 aliphatic heterocycles. The lowest BCUT2D eigenvalue weighted by atomic mass is 10.0. The molecule has 3 atom stereocenters. The number of hydrogen-bond donors (Lipinski definition) is 1. The van der Waals surface area contributed by atoms with Gasteiger partial charge in [-0.15, -0.1) is 0 Å². The molecule has 9 nitrogen and oxygen atoms in total. The molecule has 0 heterocycles. The molecule has 422 valence electrons. The van der Waals surface area contributed by atoms with Gasteiger partial charge in [-0.05, 0) is 89.5 Å². The second kappa shape index (κ2) is 52.4. The minimum absolute atomic E-state index is 0.0243. The summed E-state index contributed by atoms with van der Waals surface area (Å²) in [5.74, 6) is -0.548. The third kappa shape index (κ3) is 52.8. The Morgan fingerprint density at radius 3 is 1.29 bits per heavy atom. The van der Waals surface area contributed by atoms with Crippen molar-refractivity contribution in [2.75, 3.05) is 40.9 Å². The second-order valence-corrected chi connectivity index (χ2v) is 23.3. The summed E-state index contributed by atoms with van der Waals surface area (Å²) < 4.78 is 30.3. The largest absolute Gasteiger partial charge is 0.756 e. The van der Waals surface area contributed by atoms with Crippen LogP contribution in [0.5, 0.6) is 0 Å². The van der Waals surface area contributed by atoms with Crippen LogP contribution in [0.2, 0.25) is 0 Å². The lowest BCUT2D eigenvalue weighted by Gasteiger charge is -2.30. The van der Waals surface area contributed by atoms with Crippen molar-refractivity contribution in [3.63, 3.8) is 0 Å². The molecular weight excluding hydrogens is 916 g/mol. The van der Waals surface area contributed by atoms with Crippen LogP contribution in [0.3, 0.4) is 0 Å². The molecule has 0 bridgehead atoms. The van der Waals surface area contributed by atoms with Crippen molar-refractivity contribution in [2.24, 2.45) is 0 Å². The van der Waals surface area contributed by atoms with Crippen molar-refractivity contribution in [2.45, 2.75) is 296 Å². The van der Waals surface area contributed by atoms with E-state index in [1.54, 1.807) is 0 Å². The number of likely N-dealkylation sites (N-methyl/N-ethyl adjacent to an activating group) is 1. The zero-order valence-electron chi connectivity index (χ0n) is 48.1. The van der Waals surface area contributed by atoms with Crippen LogP contribution in [0, 0.1) is 0 Å². The van der Waals surface area contributed by atoms with Gasteiger partial charge in [0, 0.05) is 12.8 Å². The molecule has 0 fully saturated rings. The van der Waals surface area contributed by atoms with E-state index in [1.807, 2.05) is 33.3 Å². The van der Waals surface area contributed by atoms with E-state index in [9.17, 15) is 19.0 Å². The fourth-order valence-corrected chi connectivity index (χ4v) is 9.45. The maximum atomic E-state index is 13.5. The first-order valence-electron chi connectivity index (χ1n) is 30.4. The van der Waals surface area contributed by atoms with E-state index in [0.717, 1.165) is 89.9 Å². The minimum Gasteiger partial charge on any atom is -0.756 e. The summed E-state index contributed by atoms with van der Waals surface area (Å²) in [7, 11) is 1.18. The first-order chi connectivity index (χ1) is 34.9. The summed E-state index contributed by atoms with van der Waals surface area (Å²) in [4.78, 5) is 39.9. The number of nitrogens with zero attached hydrogens (tertiary/aromatic N) is 1. The molecule has 10 heteroatoms. The molecule has 3 unspecified atom stereocenters. The fraction of sp³-hybridized carbons (Fsp3) is 0.839. The van der Waals surface area contributed by atoms with Gasteiger partial charge in [-0.1, -0.05) is 230 Å². The lowest BCUT2D eigenvalue weighted by Crippen LogP contribution is -2.47. The lowest BCUT2D eigenvalue weighted by molar-refractivity contribution is -0.870. The van der Waals surface area contributed by atoms with Crippen molar-refractivity contribution in [3.8, 4) is 0 Å². The van der Waals surface area contributed by atoms with Gasteiger partial charge in [-0.2, -0.15) is 0 Å². The van der Waals surface area contributed by atoms with Crippen LogP contribution in [0.1, 0.15) is 284 Å². The van der Waals surface area contributed by atoms with E-state index >= 15 is 0 Å². The number of rotatable bonds is 55. The van der Waals surface area contributed by atoms with Crippen molar-refractivity contribution < 1.29 is 37.3 Å². The molecule has 0 aromatic rings. The molecular formula is C62H117N2O7P. The van der Waals surface area contributed by atoms with Crippen molar-refractivity contribution in [3.05, 3.63) is 48.6 Å². The van der Waals surface area contributed by atoms with Gasteiger partial charge in [0.05, 0.1) is 33.8 Å². The topological polar surface area (TPSA) is 114 Å². The van der Waals surface area contributed by atoms with Gasteiger partial charge in [0.1, 0.15) is 19.3 Å². The van der Waals surface area contributed by atoms with E-state index in [1.165, 1.54) is 161 Å². The number of ether oxygens (including phenoxy) is 1. The SMILES string of the molecule is CCCCC/C=C\C/C=C\CCCCCCCCCC(=O)OC(/C=C/CCCCCCCCCCCC)C(COP(=O)([O-])OCC[N+](C)(C)C)NC(=O)CCCCCCCCC/C=C/CCCCCCCC. The third-order valence-corrected chi connectivity index (χ3v) is 14.4. The number of hydrogen-bond acceptors (Lipinski definition) is 7. The summed E-state index contributed by atoms with van der Waals surface area (Å²) >= 11 is 0. The van der Waals surface area contributed by atoms with Gasteiger partial charge in [0.15, 0.2) is 0 Å². The maximum absolute atomic E-state index is 13.5. The highest BCUT2D eigenvalue weighted by Gasteiger charge is 2.27. The number of quaternary nitrogens is 1. The molecule has 0 saturated carbocycles. The molecule has 0 aliphatic carbocycles. The minimum atomic E-state index is -4.70. The van der Waals surface area contributed by atoms with Crippen molar-refractivity contribution in [1.29, 1.82) is 0 Å². The van der Waals surface area contributed by atoms with Crippen LogP contribution in [0.4, 0.5) is 0 Å². The first-order valence-corrected chi connectivity index (χ1v) is 31.9. The molecule has 1 amide bonds. The number of phosphoric ester groups is 1. The molecule has 0 aromatic carbocycles. The predicted octanol–water partition coefficient (Wildman–Crippen LogP) is 17.9. The van der Waals surface area contributed by atoms with Crippen molar-refractivity contribution in [1.82, 2.24) is 5.32 Å². The zero-order valence-corrected chi connectivity index (χ0v) is 49.0. The fourth-order valence-electron chi connectivity index (χ4n) is 8.72. The van der Waals surface area contributed by atoms with Crippen LogP contribution in [-0.4, -0.2) is 69.4 Å². The van der Waals surface area contributed by atoms with Gasteiger partial charge in [-0.25, -0.2) is 0 Å². The Bertz CT molecular complexity index is 1380. The van der Waals surface area contributed by atoms with E-state index in [-0.39, 0.29) is 24.9 Å². The van der Waals surface area contributed by atoms with Crippen LogP contribution >= 0.6 is 7.82 Å². The summed E-state index contributed by atoms with van der Waals surface area (Å²) in [6, 6.07) is -0.892. The highest BCUT2D eigenvalue weighted by molar-refractivity contribution is 7.45. The summed E-state index contributed by atoms with van der Waals surface area (Å²) in [5, 5.41) is 3.02. The maximum Gasteiger partial charge on any atom is 0.306 e. The smallest absolute Gasteiger partial charge is 0.306 e. The van der Waals surface area contributed by atoms with E-state index < -0.39 is 26.6 Å². The number of esters is 1. The molecule has 0 rings (SSSR count). The van der Waals surface area contributed by atoms with Gasteiger partial charge in [0.25, 0.3) is 7.82 Å². The molecule has 72 heavy (non-hydrogen) atoms. The van der Waals surface area contributed by atoms with Crippen LogP contribution in [0.15, 0.2) is 48.6 Å². The quantitative estimate of drug-likeness (QED) is 0.0212. The molecule has 0 saturated heterocycles. The Hall–Kier alpha value is -2.03. The van der Waals surface area contributed by atoms with Crippen molar-refractivity contribution >= 4 is 19.7 Å². The molecule has 0 radical (unpaired) electrons. The normalized spacial score (nSPS) is 14.0. The highest BCUT2D eigenvalue weighted by Crippen LogP contribution is 2.38. The number of amides is 1. The summed E-state index contributed by atoms with van der Waals surface area (Å²) in [5.41, 5.74) is 0. The Morgan fingerprint density at radius 2 is 0.847 bits per heavy atom. The Morgan fingerprint density at radius 1 is 0.486 bits per heavy atom. The number of carbonyl (C=O) groups excluding carboxylic acids is 2. The van der Waals surface area contributed by atoms with Gasteiger partial charge >= 0.3 is 5.97 Å². The van der Waals surface area contributed by atoms with E-state index in [0.29, 0.717) is 17.4 Å². The molecule has 0 spiro atoms. The number of carbonyl (C=O) groups is 2.